The minimum Gasteiger partial charge on any atom is -0.493 e. The van der Waals surface area contributed by atoms with Crippen molar-refractivity contribution in [3.8, 4) is 5.75 Å². The molecule has 5 heteroatoms. The molecular formula is C13H19ClN2O2. The Morgan fingerprint density at radius 2 is 1.94 bits per heavy atom. The van der Waals surface area contributed by atoms with Crippen LogP contribution in [0.3, 0.4) is 0 Å². The Balaban J connectivity index is 1.94. The second-order valence-corrected chi connectivity index (χ2v) is 5.14. The second kappa shape index (κ2) is 6.34. The molecule has 0 bridgehead atoms. The van der Waals surface area contributed by atoms with Crippen molar-refractivity contribution >= 4 is 11.6 Å². The van der Waals surface area contributed by atoms with Crippen LogP contribution in [-0.4, -0.2) is 30.5 Å². The van der Waals surface area contributed by atoms with Crippen molar-refractivity contribution in [2.75, 3.05) is 14.2 Å². The molecule has 0 aromatic carbocycles. The van der Waals surface area contributed by atoms with E-state index in [0.717, 1.165) is 25.0 Å². The smallest absolute Gasteiger partial charge is 0.193 e. The van der Waals surface area contributed by atoms with E-state index < -0.39 is 0 Å². The van der Waals surface area contributed by atoms with Crippen molar-refractivity contribution in [2.24, 2.45) is 5.92 Å². The fraction of sp³-hybridized carbons (Fsp3) is 0.692. The maximum Gasteiger partial charge on any atom is 0.193 e. The number of hydrogen-bond acceptors (Lipinski definition) is 4. The van der Waals surface area contributed by atoms with E-state index in [1.54, 1.807) is 14.2 Å². The van der Waals surface area contributed by atoms with Crippen LogP contribution in [0.5, 0.6) is 5.75 Å². The van der Waals surface area contributed by atoms with E-state index >= 15 is 0 Å². The molecule has 0 atom stereocenters. The fourth-order valence-electron chi connectivity index (χ4n) is 2.51. The molecule has 1 aromatic heterocycles. The lowest BCUT2D eigenvalue weighted by atomic mass is 9.84. The van der Waals surface area contributed by atoms with Gasteiger partial charge in [-0.3, -0.25) is 0 Å². The topological polar surface area (TPSA) is 44.2 Å². The SMILES string of the molecule is COc1cc(C[C@H]2CC[C@H](OC)CC2)nnc1Cl. The number of methoxy groups -OCH3 is 2. The standard InChI is InChI=1S/C13H19ClN2O2/c1-17-11-5-3-9(4-6-11)7-10-8-12(18-2)13(14)16-15-10/h8-9,11H,3-7H2,1-2H3/t9-,11-. The number of hydrogen-bond donors (Lipinski definition) is 0. The minimum absolute atomic E-state index is 0.323. The lowest BCUT2D eigenvalue weighted by molar-refractivity contribution is 0.0567. The number of rotatable bonds is 4. The van der Waals surface area contributed by atoms with Crippen LogP contribution in [0.15, 0.2) is 6.07 Å². The van der Waals surface area contributed by atoms with E-state index in [9.17, 15) is 0 Å². The molecule has 0 spiro atoms. The number of ether oxygens (including phenoxy) is 2. The van der Waals surface area contributed by atoms with Gasteiger partial charge in [0.1, 0.15) is 0 Å². The number of nitrogens with zero attached hydrogens (tertiary/aromatic N) is 2. The summed E-state index contributed by atoms with van der Waals surface area (Å²) in [5, 5.41) is 8.36. The molecule has 1 aromatic rings. The molecule has 2 rings (SSSR count). The van der Waals surface area contributed by atoms with Gasteiger partial charge in [-0.1, -0.05) is 11.6 Å². The summed E-state index contributed by atoms with van der Waals surface area (Å²) >= 11 is 5.86. The zero-order chi connectivity index (χ0) is 13.0. The van der Waals surface area contributed by atoms with E-state index in [1.807, 2.05) is 6.07 Å². The Bertz CT molecular complexity index is 393. The van der Waals surface area contributed by atoms with E-state index in [-0.39, 0.29) is 0 Å². The molecule has 4 nitrogen and oxygen atoms in total. The summed E-state index contributed by atoms with van der Waals surface area (Å²) < 4.78 is 10.5. The minimum atomic E-state index is 0.323. The predicted octanol–water partition coefficient (Wildman–Crippen LogP) is 2.89. The molecule has 1 aliphatic carbocycles. The zero-order valence-electron chi connectivity index (χ0n) is 10.9. The number of aromatic nitrogens is 2. The molecule has 0 aliphatic heterocycles. The van der Waals surface area contributed by atoms with Gasteiger partial charge in [-0.15, -0.1) is 5.10 Å². The van der Waals surface area contributed by atoms with Crippen LogP contribution in [0, 0.1) is 5.92 Å². The zero-order valence-corrected chi connectivity index (χ0v) is 11.6. The molecule has 0 amide bonds. The van der Waals surface area contributed by atoms with Crippen LogP contribution in [0.1, 0.15) is 31.4 Å². The first-order valence-electron chi connectivity index (χ1n) is 6.31. The monoisotopic (exact) mass is 270 g/mol. The summed E-state index contributed by atoms with van der Waals surface area (Å²) in [6.45, 7) is 0. The third-order valence-corrected chi connectivity index (χ3v) is 3.87. The first kappa shape index (κ1) is 13.6. The maximum atomic E-state index is 5.86. The first-order chi connectivity index (χ1) is 8.72. The molecule has 0 radical (unpaired) electrons. The summed E-state index contributed by atoms with van der Waals surface area (Å²) in [4.78, 5) is 0. The normalized spacial score (nSPS) is 23.9. The van der Waals surface area contributed by atoms with Crippen molar-refractivity contribution < 1.29 is 9.47 Å². The summed E-state index contributed by atoms with van der Waals surface area (Å²) in [5.74, 6) is 1.27. The van der Waals surface area contributed by atoms with Gasteiger partial charge in [-0.25, -0.2) is 0 Å². The molecule has 100 valence electrons. The second-order valence-electron chi connectivity index (χ2n) is 4.78. The van der Waals surface area contributed by atoms with Crippen molar-refractivity contribution in [2.45, 2.75) is 38.2 Å². The third-order valence-electron chi connectivity index (χ3n) is 3.61. The summed E-state index contributed by atoms with van der Waals surface area (Å²) in [6.07, 6.45) is 6.03. The third kappa shape index (κ3) is 3.33. The highest BCUT2D eigenvalue weighted by Crippen LogP contribution is 2.29. The van der Waals surface area contributed by atoms with Crippen LogP contribution in [-0.2, 0) is 11.2 Å². The van der Waals surface area contributed by atoms with Gasteiger partial charge in [0.05, 0.1) is 18.9 Å². The molecule has 1 saturated carbocycles. The van der Waals surface area contributed by atoms with Crippen LogP contribution < -0.4 is 4.74 Å². The van der Waals surface area contributed by atoms with Crippen molar-refractivity contribution in [3.63, 3.8) is 0 Å². The van der Waals surface area contributed by atoms with Gasteiger partial charge in [-0.2, -0.15) is 5.10 Å². The highest BCUT2D eigenvalue weighted by molar-refractivity contribution is 6.30. The number of halogens is 1. The molecule has 1 fully saturated rings. The highest BCUT2D eigenvalue weighted by Gasteiger charge is 2.21. The molecule has 1 heterocycles. The Labute approximate surface area is 113 Å². The Kier molecular flexibility index (Phi) is 4.78. The molecule has 1 aliphatic rings. The van der Waals surface area contributed by atoms with Gasteiger partial charge >= 0.3 is 0 Å². The van der Waals surface area contributed by atoms with Crippen LogP contribution in [0.25, 0.3) is 0 Å². The molecule has 0 saturated heterocycles. The van der Waals surface area contributed by atoms with Crippen LogP contribution in [0.2, 0.25) is 5.15 Å². The predicted molar refractivity (Wildman–Crippen MR) is 70.1 cm³/mol. The van der Waals surface area contributed by atoms with E-state index in [4.69, 9.17) is 21.1 Å². The quantitative estimate of drug-likeness (QED) is 0.844. The summed E-state index contributed by atoms with van der Waals surface area (Å²) in [7, 11) is 3.39. The van der Waals surface area contributed by atoms with E-state index in [1.165, 1.54) is 12.8 Å². The van der Waals surface area contributed by atoms with Gasteiger partial charge in [0.15, 0.2) is 10.9 Å². The van der Waals surface area contributed by atoms with E-state index in [0.29, 0.717) is 22.9 Å². The fourth-order valence-corrected chi connectivity index (χ4v) is 2.68. The van der Waals surface area contributed by atoms with Crippen molar-refractivity contribution in [3.05, 3.63) is 16.9 Å². The largest absolute Gasteiger partial charge is 0.493 e. The summed E-state index contributed by atoms with van der Waals surface area (Å²) in [6, 6.07) is 1.89. The first-order valence-corrected chi connectivity index (χ1v) is 6.69. The van der Waals surface area contributed by atoms with Gasteiger partial charge in [0, 0.05) is 13.2 Å². The van der Waals surface area contributed by atoms with Gasteiger partial charge in [0.25, 0.3) is 0 Å². The molecular weight excluding hydrogens is 252 g/mol. The maximum absolute atomic E-state index is 5.86. The van der Waals surface area contributed by atoms with Gasteiger partial charge < -0.3 is 9.47 Å². The van der Waals surface area contributed by atoms with Crippen molar-refractivity contribution in [1.82, 2.24) is 10.2 Å². The summed E-state index contributed by atoms with van der Waals surface area (Å²) in [5.41, 5.74) is 0.956. The van der Waals surface area contributed by atoms with E-state index in [2.05, 4.69) is 10.2 Å². The van der Waals surface area contributed by atoms with Crippen molar-refractivity contribution in [1.29, 1.82) is 0 Å². The van der Waals surface area contributed by atoms with Crippen LogP contribution >= 0.6 is 11.6 Å². The van der Waals surface area contributed by atoms with Gasteiger partial charge in [0.2, 0.25) is 0 Å². The van der Waals surface area contributed by atoms with Crippen LogP contribution in [0.4, 0.5) is 0 Å². The average molecular weight is 271 g/mol. The molecule has 0 unspecified atom stereocenters. The van der Waals surface area contributed by atoms with Gasteiger partial charge in [-0.05, 0) is 38.0 Å². The Hall–Kier alpha value is -0.870. The molecule has 0 N–H and O–H groups in total. The Morgan fingerprint density at radius 3 is 2.56 bits per heavy atom. The Morgan fingerprint density at radius 1 is 1.22 bits per heavy atom. The molecule has 18 heavy (non-hydrogen) atoms. The highest BCUT2D eigenvalue weighted by atomic mass is 35.5. The average Bonchev–Trinajstić information content (AvgIpc) is 2.42. The lowest BCUT2D eigenvalue weighted by Gasteiger charge is -2.27. The lowest BCUT2D eigenvalue weighted by Crippen LogP contribution is -2.21.